The number of terminal acetylenes is 1. The Kier molecular flexibility index (Phi) is 5.68. The third-order valence-electron chi connectivity index (χ3n) is 5.07. The fourth-order valence-corrected chi connectivity index (χ4v) is 3.45. The Hall–Kier alpha value is -3.43. The van der Waals surface area contributed by atoms with E-state index in [1.165, 1.54) is 0 Å². The molecule has 3 N–H and O–H groups in total. The van der Waals surface area contributed by atoms with Gasteiger partial charge in [0.05, 0.1) is 17.4 Å². The maximum atomic E-state index is 9.79. The Bertz CT molecular complexity index is 990. The lowest BCUT2D eigenvalue weighted by molar-refractivity contribution is 0.126. The van der Waals surface area contributed by atoms with Crippen LogP contribution in [0.5, 0.6) is 0 Å². The second-order valence-corrected chi connectivity index (χ2v) is 7.17. The number of benzene rings is 1. The van der Waals surface area contributed by atoms with Gasteiger partial charge in [0.1, 0.15) is 5.82 Å². The summed E-state index contributed by atoms with van der Waals surface area (Å²) in [7, 11) is 0. The van der Waals surface area contributed by atoms with Crippen molar-refractivity contribution in [3.63, 3.8) is 0 Å². The molecule has 0 unspecified atom stereocenters. The highest BCUT2D eigenvalue weighted by Crippen LogP contribution is 2.29. The number of hydrogen-bond acceptors (Lipinski definition) is 6. The van der Waals surface area contributed by atoms with Crippen molar-refractivity contribution in [2.75, 3.05) is 10.6 Å². The first-order valence-corrected chi connectivity index (χ1v) is 9.78. The summed E-state index contributed by atoms with van der Waals surface area (Å²) in [4.78, 5) is 13.6. The van der Waals surface area contributed by atoms with Crippen LogP contribution in [0, 0.1) is 12.3 Å². The second-order valence-electron chi connectivity index (χ2n) is 7.17. The highest BCUT2D eigenvalue weighted by atomic mass is 16.3. The van der Waals surface area contributed by atoms with Gasteiger partial charge in [0, 0.05) is 29.7 Å². The molecule has 3 aromatic rings. The van der Waals surface area contributed by atoms with E-state index in [1.807, 2.05) is 42.5 Å². The predicted molar refractivity (Wildman–Crippen MR) is 115 cm³/mol. The number of aromatic nitrogens is 3. The van der Waals surface area contributed by atoms with Gasteiger partial charge in [-0.3, -0.25) is 4.98 Å². The van der Waals surface area contributed by atoms with Gasteiger partial charge in [-0.15, -0.1) is 6.42 Å². The molecule has 1 aromatic carbocycles. The van der Waals surface area contributed by atoms with E-state index in [2.05, 4.69) is 26.5 Å². The SMILES string of the molecule is C#Cc1ccc(Nc2ncc(-c3ccccn3)c(N[C@H]3CC[C@H](O)CC3)n2)cc1. The second kappa shape index (κ2) is 8.72. The first-order chi connectivity index (χ1) is 14.2. The normalized spacial score (nSPS) is 18.6. The molecule has 2 heterocycles. The first-order valence-electron chi connectivity index (χ1n) is 9.78. The van der Waals surface area contributed by atoms with Crippen LogP contribution in [-0.4, -0.2) is 32.2 Å². The Morgan fingerprint density at radius 2 is 1.79 bits per heavy atom. The van der Waals surface area contributed by atoms with Gasteiger partial charge in [0.25, 0.3) is 0 Å². The quantitative estimate of drug-likeness (QED) is 0.576. The van der Waals surface area contributed by atoms with Gasteiger partial charge in [-0.25, -0.2) is 4.98 Å². The minimum Gasteiger partial charge on any atom is -0.393 e. The summed E-state index contributed by atoms with van der Waals surface area (Å²) in [6.07, 6.45) is 12.2. The summed E-state index contributed by atoms with van der Waals surface area (Å²) in [5, 5.41) is 16.6. The largest absolute Gasteiger partial charge is 0.393 e. The standard InChI is InChI=1S/C23H23N5O/c1-2-16-6-8-18(9-7-16)27-23-25-15-20(21-5-3-4-14-24-21)22(28-23)26-17-10-12-19(29)13-11-17/h1,3-9,14-15,17,19,29H,10-13H2,(H2,25,26,27,28)/t17-,19-. The molecule has 4 rings (SSSR count). The molecule has 1 aliphatic carbocycles. The number of hydrogen-bond donors (Lipinski definition) is 3. The van der Waals surface area contributed by atoms with Crippen molar-refractivity contribution >= 4 is 17.5 Å². The molecule has 1 fully saturated rings. The third-order valence-corrected chi connectivity index (χ3v) is 5.07. The van der Waals surface area contributed by atoms with E-state index in [0.717, 1.165) is 54.0 Å². The van der Waals surface area contributed by atoms with Crippen LogP contribution in [0.1, 0.15) is 31.2 Å². The number of anilines is 3. The smallest absolute Gasteiger partial charge is 0.229 e. The summed E-state index contributed by atoms with van der Waals surface area (Å²) in [5.41, 5.74) is 3.35. The molecule has 6 nitrogen and oxygen atoms in total. The maximum Gasteiger partial charge on any atom is 0.229 e. The van der Waals surface area contributed by atoms with Crippen LogP contribution in [-0.2, 0) is 0 Å². The van der Waals surface area contributed by atoms with Gasteiger partial charge in [-0.2, -0.15) is 4.98 Å². The van der Waals surface area contributed by atoms with Gasteiger partial charge in [0.2, 0.25) is 5.95 Å². The molecule has 1 saturated carbocycles. The van der Waals surface area contributed by atoms with E-state index in [9.17, 15) is 5.11 Å². The number of aliphatic hydroxyl groups is 1. The molecule has 2 aromatic heterocycles. The molecule has 0 atom stereocenters. The molecule has 0 spiro atoms. The summed E-state index contributed by atoms with van der Waals surface area (Å²) >= 11 is 0. The molecule has 6 heteroatoms. The van der Waals surface area contributed by atoms with E-state index in [-0.39, 0.29) is 12.1 Å². The van der Waals surface area contributed by atoms with Crippen LogP contribution >= 0.6 is 0 Å². The van der Waals surface area contributed by atoms with Crippen LogP contribution in [0.25, 0.3) is 11.3 Å². The fourth-order valence-electron chi connectivity index (χ4n) is 3.45. The van der Waals surface area contributed by atoms with E-state index in [1.54, 1.807) is 12.4 Å². The van der Waals surface area contributed by atoms with E-state index >= 15 is 0 Å². The fraction of sp³-hybridized carbons (Fsp3) is 0.261. The molecular weight excluding hydrogens is 362 g/mol. The topological polar surface area (TPSA) is 83.0 Å². The Labute approximate surface area is 170 Å². The average molecular weight is 385 g/mol. The number of nitrogens with zero attached hydrogens (tertiary/aromatic N) is 3. The van der Waals surface area contributed by atoms with Crippen LogP contribution in [0.2, 0.25) is 0 Å². The number of rotatable bonds is 5. The zero-order valence-corrected chi connectivity index (χ0v) is 16.0. The third kappa shape index (κ3) is 4.71. The Balaban J connectivity index is 1.61. The molecule has 29 heavy (non-hydrogen) atoms. The Morgan fingerprint density at radius 3 is 2.48 bits per heavy atom. The average Bonchev–Trinajstić information content (AvgIpc) is 2.77. The highest BCUT2D eigenvalue weighted by Gasteiger charge is 2.21. The first kappa shape index (κ1) is 18.9. The molecule has 146 valence electrons. The van der Waals surface area contributed by atoms with Crippen molar-refractivity contribution in [2.24, 2.45) is 0 Å². The van der Waals surface area contributed by atoms with Crippen molar-refractivity contribution < 1.29 is 5.11 Å². The molecule has 1 aliphatic rings. The number of nitrogens with one attached hydrogen (secondary N) is 2. The summed E-state index contributed by atoms with van der Waals surface area (Å²) in [6, 6.07) is 13.6. The van der Waals surface area contributed by atoms with Crippen LogP contribution in [0.4, 0.5) is 17.5 Å². The highest BCUT2D eigenvalue weighted by molar-refractivity contribution is 5.73. The van der Waals surface area contributed by atoms with Crippen molar-refractivity contribution in [1.82, 2.24) is 15.0 Å². The minimum absolute atomic E-state index is 0.197. The molecule has 0 saturated heterocycles. The number of aliphatic hydroxyl groups excluding tert-OH is 1. The van der Waals surface area contributed by atoms with Crippen LogP contribution in [0.15, 0.2) is 54.9 Å². The predicted octanol–water partition coefficient (Wildman–Crippen LogP) is 3.98. The van der Waals surface area contributed by atoms with Gasteiger partial charge in [-0.1, -0.05) is 12.0 Å². The van der Waals surface area contributed by atoms with Crippen molar-refractivity contribution in [3.8, 4) is 23.6 Å². The van der Waals surface area contributed by atoms with Gasteiger partial charge >= 0.3 is 0 Å². The summed E-state index contributed by atoms with van der Waals surface area (Å²) < 4.78 is 0. The monoisotopic (exact) mass is 385 g/mol. The number of pyridine rings is 1. The molecule has 0 bridgehead atoms. The van der Waals surface area contributed by atoms with Crippen molar-refractivity contribution in [2.45, 2.75) is 37.8 Å². The van der Waals surface area contributed by atoms with Crippen LogP contribution in [0.3, 0.4) is 0 Å². The lowest BCUT2D eigenvalue weighted by Gasteiger charge is -2.27. The molecule has 0 radical (unpaired) electrons. The molecule has 0 aliphatic heterocycles. The zero-order chi connectivity index (χ0) is 20.1. The maximum absolute atomic E-state index is 9.79. The van der Waals surface area contributed by atoms with E-state index in [4.69, 9.17) is 11.4 Å². The van der Waals surface area contributed by atoms with Gasteiger partial charge < -0.3 is 15.7 Å². The lowest BCUT2D eigenvalue weighted by atomic mass is 9.93. The lowest BCUT2D eigenvalue weighted by Crippen LogP contribution is -2.29. The van der Waals surface area contributed by atoms with E-state index < -0.39 is 0 Å². The van der Waals surface area contributed by atoms with Crippen molar-refractivity contribution in [1.29, 1.82) is 0 Å². The summed E-state index contributed by atoms with van der Waals surface area (Å²) in [6.45, 7) is 0. The molecule has 0 amide bonds. The van der Waals surface area contributed by atoms with E-state index in [0.29, 0.717) is 5.95 Å². The van der Waals surface area contributed by atoms with Gasteiger partial charge in [-0.05, 0) is 62.1 Å². The summed E-state index contributed by atoms with van der Waals surface area (Å²) in [5.74, 6) is 3.84. The molecular formula is C23H23N5O. The van der Waals surface area contributed by atoms with Crippen LogP contribution < -0.4 is 10.6 Å². The minimum atomic E-state index is -0.197. The van der Waals surface area contributed by atoms with Crippen molar-refractivity contribution in [3.05, 3.63) is 60.4 Å². The van der Waals surface area contributed by atoms with Gasteiger partial charge in [0.15, 0.2) is 0 Å². The zero-order valence-electron chi connectivity index (χ0n) is 16.0. The Morgan fingerprint density at radius 1 is 1.00 bits per heavy atom.